The van der Waals surface area contributed by atoms with Gasteiger partial charge in [0.05, 0.1) is 5.02 Å². The Morgan fingerprint density at radius 1 is 1.42 bits per heavy atom. The second kappa shape index (κ2) is 5.79. The molecule has 2 unspecified atom stereocenters. The molecule has 19 heavy (non-hydrogen) atoms. The second-order valence-corrected chi connectivity index (χ2v) is 7.14. The van der Waals surface area contributed by atoms with E-state index in [4.69, 9.17) is 11.6 Å². The van der Waals surface area contributed by atoms with Crippen molar-refractivity contribution in [3.63, 3.8) is 0 Å². The zero-order chi connectivity index (χ0) is 14.0. The Hall–Kier alpha value is -0.620. The standard InChI is InChI=1S/C13H19ClN2O2S/c1-9-5-6-13(11(14)8-9)19(17,18)16-12-4-3-7-15-10(12)2/h5-6,8,10,12,15-16H,3-4,7H2,1-2H3. The van der Waals surface area contributed by atoms with E-state index >= 15 is 0 Å². The van der Waals surface area contributed by atoms with Crippen molar-refractivity contribution in [3.05, 3.63) is 28.8 Å². The highest BCUT2D eigenvalue weighted by Crippen LogP contribution is 2.23. The third-order valence-electron chi connectivity index (χ3n) is 3.45. The summed E-state index contributed by atoms with van der Waals surface area (Å²) in [7, 11) is -3.56. The van der Waals surface area contributed by atoms with Gasteiger partial charge in [0.15, 0.2) is 0 Å². The number of hydrogen-bond acceptors (Lipinski definition) is 3. The van der Waals surface area contributed by atoms with Crippen molar-refractivity contribution < 1.29 is 8.42 Å². The molecular formula is C13H19ClN2O2S. The van der Waals surface area contributed by atoms with Crippen LogP contribution in [0.1, 0.15) is 25.3 Å². The van der Waals surface area contributed by atoms with Gasteiger partial charge in [-0.3, -0.25) is 0 Å². The Morgan fingerprint density at radius 2 is 2.16 bits per heavy atom. The quantitative estimate of drug-likeness (QED) is 0.898. The Bertz CT molecular complexity index is 560. The van der Waals surface area contributed by atoms with Gasteiger partial charge in [-0.25, -0.2) is 13.1 Å². The van der Waals surface area contributed by atoms with Gasteiger partial charge in [0.2, 0.25) is 10.0 Å². The topological polar surface area (TPSA) is 58.2 Å². The lowest BCUT2D eigenvalue weighted by Crippen LogP contribution is -2.51. The first-order chi connectivity index (χ1) is 8.90. The van der Waals surface area contributed by atoms with Gasteiger partial charge in [0.1, 0.15) is 4.90 Å². The van der Waals surface area contributed by atoms with Crippen LogP contribution in [0, 0.1) is 6.92 Å². The maximum atomic E-state index is 12.4. The molecule has 1 saturated heterocycles. The molecule has 1 heterocycles. The van der Waals surface area contributed by atoms with Gasteiger partial charge in [-0.2, -0.15) is 0 Å². The number of rotatable bonds is 3. The van der Waals surface area contributed by atoms with Crippen molar-refractivity contribution in [1.82, 2.24) is 10.0 Å². The summed E-state index contributed by atoms with van der Waals surface area (Å²) < 4.78 is 27.5. The molecule has 106 valence electrons. The summed E-state index contributed by atoms with van der Waals surface area (Å²) in [5.74, 6) is 0. The lowest BCUT2D eigenvalue weighted by Gasteiger charge is -2.30. The van der Waals surface area contributed by atoms with E-state index in [9.17, 15) is 8.42 Å². The first-order valence-electron chi connectivity index (χ1n) is 6.42. The molecule has 2 rings (SSSR count). The molecule has 0 amide bonds. The van der Waals surface area contributed by atoms with Crippen LogP contribution in [0.15, 0.2) is 23.1 Å². The number of piperidine rings is 1. The Balaban J connectivity index is 2.22. The maximum absolute atomic E-state index is 12.4. The zero-order valence-electron chi connectivity index (χ0n) is 11.1. The van der Waals surface area contributed by atoms with E-state index in [-0.39, 0.29) is 22.0 Å². The van der Waals surface area contributed by atoms with Crippen LogP contribution < -0.4 is 10.0 Å². The summed E-state index contributed by atoms with van der Waals surface area (Å²) in [5.41, 5.74) is 0.941. The summed E-state index contributed by atoms with van der Waals surface area (Å²) in [6.45, 7) is 4.80. The highest BCUT2D eigenvalue weighted by atomic mass is 35.5. The first kappa shape index (κ1) is 14.8. The molecule has 1 aromatic carbocycles. The third kappa shape index (κ3) is 3.48. The molecule has 0 saturated carbocycles. The minimum Gasteiger partial charge on any atom is -0.313 e. The number of nitrogens with one attached hydrogen (secondary N) is 2. The van der Waals surface area contributed by atoms with Gasteiger partial charge < -0.3 is 5.32 Å². The molecule has 2 N–H and O–H groups in total. The molecule has 0 bridgehead atoms. The molecule has 0 aliphatic carbocycles. The summed E-state index contributed by atoms with van der Waals surface area (Å²) >= 11 is 6.03. The molecule has 1 aromatic rings. The van der Waals surface area contributed by atoms with Crippen LogP contribution >= 0.6 is 11.6 Å². The number of halogens is 1. The third-order valence-corrected chi connectivity index (χ3v) is 5.42. The van der Waals surface area contributed by atoms with Crippen LogP contribution in [0.3, 0.4) is 0 Å². The average Bonchev–Trinajstić information content (AvgIpc) is 2.31. The van der Waals surface area contributed by atoms with Gasteiger partial charge in [-0.05, 0) is 50.9 Å². The lowest BCUT2D eigenvalue weighted by molar-refractivity contribution is 0.349. The first-order valence-corrected chi connectivity index (χ1v) is 8.28. The molecule has 1 fully saturated rings. The molecule has 1 aliphatic heterocycles. The van der Waals surface area contributed by atoms with E-state index in [1.165, 1.54) is 0 Å². The monoisotopic (exact) mass is 302 g/mol. The molecule has 1 aliphatic rings. The van der Waals surface area contributed by atoms with Crippen LogP contribution in [-0.4, -0.2) is 27.0 Å². The average molecular weight is 303 g/mol. The van der Waals surface area contributed by atoms with E-state index in [0.717, 1.165) is 24.9 Å². The second-order valence-electron chi connectivity index (χ2n) is 5.05. The highest BCUT2D eigenvalue weighted by Gasteiger charge is 2.27. The summed E-state index contributed by atoms with van der Waals surface area (Å²) in [5, 5.41) is 3.54. The Morgan fingerprint density at radius 3 is 2.79 bits per heavy atom. The number of sulfonamides is 1. The highest BCUT2D eigenvalue weighted by molar-refractivity contribution is 7.89. The van der Waals surface area contributed by atoms with Crippen LogP contribution in [0.25, 0.3) is 0 Å². The molecule has 0 spiro atoms. The number of aryl methyl sites for hydroxylation is 1. The predicted octanol–water partition coefficient (Wildman–Crippen LogP) is 2.07. The van der Waals surface area contributed by atoms with E-state index in [2.05, 4.69) is 10.0 Å². The molecule has 0 radical (unpaired) electrons. The Kier molecular flexibility index (Phi) is 4.50. The van der Waals surface area contributed by atoms with Gasteiger partial charge >= 0.3 is 0 Å². The largest absolute Gasteiger partial charge is 0.313 e. The van der Waals surface area contributed by atoms with Crippen molar-refractivity contribution in [1.29, 1.82) is 0 Å². The Labute approximate surface area is 119 Å². The zero-order valence-corrected chi connectivity index (χ0v) is 12.7. The smallest absolute Gasteiger partial charge is 0.242 e. The molecular weight excluding hydrogens is 284 g/mol. The minimum atomic E-state index is -3.56. The van der Waals surface area contributed by atoms with Gasteiger partial charge in [-0.1, -0.05) is 17.7 Å². The van der Waals surface area contributed by atoms with E-state index in [0.29, 0.717) is 0 Å². The summed E-state index contributed by atoms with van der Waals surface area (Å²) in [6.07, 6.45) is 1.82. The lowest BCUT2D eigenvalue weighted by atomic mass is 10.0. The number of hydrogen-bond donors (Lipinski definition) is 2. The van der Waals surface area contributed by atoms with E-state index in [1.54, 1.807) is 18.2 Å². The molecule has 6 heteroatoms. The van der Waals surface area contributed by atoms with Gasteiger partial charge in [-0.15, -0.1) is 0 Å². The van der Waals surface area contributed by atoms with Crippen molar-refractivity contribution in [2.45, 2.75) is 43.7 Å². The number of benzene rings is 1. The van der Waals surface area contributed by atoms with Gasteiger partial charge in [0.25, 0.3) is 0 Å². The molecule has 0 aromatic heterocycles. The molecule has 2 atom stereocenters. The van der Waals surface area contributed by atoms with Crippen molar-refractivity contribution in [2.75, 3.05) is 6.54 Å². The summed E-state index contributed by atoms with van der Waals surface area (Å²) in [4.78, 5) is 0.151. The van der Waals surface area contributed by atoms with Crippen molar-refractivity contribution in [2.24, 2.45) is 0 Å². The van der Waals surface area contributed by atoms with E-state index < -0.39 is 10.0 Å². The normalized spacial score (nSPS) is 24.4. The predicted molar refractivity (Wildman–Crippen MR) is 77.0 cm³/mol. The van der Waals surface area contributed by atoms with Crippen molar-refractivity contribution >= 4 is 21.6 Å². The van der Waals surface area contributed by atoms with Crippen LogP contribution in [0.2, 0.25) is 5.02 Å². The molecule has 4 nitrogen and oxygen atoms in total. The minimum absolute atomic E-state index is 0.0869. The fourth-order valence-electron chi connectivity index (χ4n) is 2.29. The van der Waals surface area contributed by atoms with Crippen LogP contribution in [0.4, 0.5) is 0 Å². The van der Waals surface area contributed by atoms with Crippen molar-refractivity contribution in [3.8, 4) is 0 Å². The maximum Gasteiger partial charge on any atom is 0.242 e. The SMILES string of the molecule is Cc1ccc(S(=O)(=O)NC2CCCNC2C)c(Cl)c1. The summed E-state index contributed by atoms with van der Waals surface area (Å²) in [6, 6.07) is 5.02. The fourth-order valence-corrected chi connectivity index (χ4v) is 4.24. The van der Waals surface area contributed by atoms with E-state index in [1.807, 2.05) is 13.8 Å². The van der Waals surface area contributed by atoms with Crippen LogP contribution in [0.5, 0.6) is 0 Å². The van der Waals surface area contributed by atoms with Crippen LogP contribution in [-0.2, 0) is 10.0 Å². The van der Waals surface area contributed by atoms with Gasteiger partial charge in [0, 0.05) is 12.1 Å². The fraction of sp³-hybridized carbons (Fsp3) is 0.538.